The maximum Gasteiger partial charge on any atom is 0.251 e. The maximum atomic E-state index is 13.5. The number of sulfonamides is 1. The van der Waals surface area contributed by atoms with Crippen molar-refractivity contribution in [3.05, 3.63) is 82.7 Å². The first-order valence-electron chi connectivity index (χ1n) is 10.6. The number of carbonyl (C=O) groups is 1. The second-order valence-electron chi connectivity index (χ2n) is 7.93. The van der Waals surface area contributed by atoms with E-state index in [1.54, 1.807) is 34.5 Å². The van der Waals surface area contributed by atoms with Gasteiger partial charge in [0.15, 0.2) is 0 Å². The number of thiophene rings is 1. The molecule has 0 saturated carbocycles. The van der Waals surface area contributed by atoms with Crippen molar-refractivity contribution in [3.8, 4) is 0 Å². The Balaban J connectivity index is 1.53. The first-order valence-corrected chi connectivity index (χ1v) is 12.9. The van der Waals surface area contributed by atoms with E-state index in [0.717, 1.165) is 11.3 Å². The van der Waals surface area contributed by atoms with Gasteiger partial charge in [0, 0.05) is 31.9 Å². The fraction of sp³-hybridized carbons (Fsp3) is 0.292. The molecule has 2 heterocycles. The van der Waals surface area contributed by atoms with Crippen LogP contribution in [0.3, 0.4) is 0 Å². The highest BCUT2D eigenvalue weighted by atomic mass is 32.2. The molecule has 1 aliphatic heterocycles. The molecule has 32 heavy (non-hydrogen) atoms. The Morgan fingerprint density at radius 3 is 2.31 bits per heavy atom. The van der Waals surface area contributed by atoms with Gasteiger partial charge in [-0.2, -0.15) is 4.72 Å². The number of aryl methyl sites for hydroxylation is 1. The van der Waals surface area contributed by atoms with Crippen molar-refractivity contribution in [1.82, 2.24) is 9.62 Å². The van der Waals surface area contributed by atoms with E-state index in [1.165, 1.54) is 16.8 Å². The number of hydrogen-bond acceptors (Lipinski definition) is 5. The molecular weight excluding hydrogens is 442 g/mol. The standard InChI is InChI=1S/C24H27N3O3S2/c1-18-8-6-11-21(19(18)2)26-13-15-27(16-14-26)24(28)23(20-9-4-3-5-10-20)25-32(29,30)22-12-7-17-31-22/h3-12,17,23,25H,13-16H2,1-2H3/t23-/m1/s1. The Morgan fingerprint density at radius 1 is 0.938 bits per heavy atom. The molecule has 168 valence electrons. The van der Waals surface area contributed by atoms with E-state index in [-0.39, 0.29) is 10.1 Å². The SMILES string of the molecule is Cc1cccc(N2CCN(C(=O)[C@H](NS(=O)(=O)c3cccs3)c3ccccc3)CC2)c1C. The van der Waals surface area contributed by atoms with E-state index in [2.05, 4.69) is 41.7 Å². The van der Waals surface area contributed by atoms with Crippen LogP contribution in [-0.2, 0) is 14.8 Å². The molecule has 1 aliphatic rings. The van der Waals surface area contributed by atoms with Gasteiger partial charge in [0.2, 0.25) is 5.91 Å². The van der Waals surface area contributed by atoms with Crippen molar-refractivity contribution in [2.24, 2.45) is 0 Å². The molecule has 3 aromatic rings. The van der Waals surface area contributed by atoms with Crippen LogP contribution in [0.5, 0.6) is 0 Å². The second kappa shape index (κ2) is 9.44. The van der Waals surface area contributed by atoms with E-state index in [9.17, 15) is 13.2 Å². The molecule has 0 spiro atoms. The summed E-state index contributed by atoms with van der Waals surface area (Å²) in [6.45, 7) is 6.70. The quantitative estimate of drug-likeness (QED) is 0.597. The molecule has 1 saturated heterocycles. The zero-order valence-electron chi connectivity index (χ0n) is 18.2. The Morgan fingerprint density at radius 2 is 1.66 bits per heavy atom. The largest absolute Gasteiger partial charge is 0.368 e. The summed E-state index contributed by atoms with van der Waals surface area (Å²) in [6, 6.07) is 17.6. The molecule has 0 unspecified atom stereocenters. The summed E-state index contributed by atoms with van der Waals surface area (Å²) in [5.74, 6) is -0.225. The van der Waals surface area contributed by atoms with E-state index in [0.29, 0.717) is 31.7 Å². The third-order valence-electron chi connectivity index (χ3n) is 5.92. The first-order chi connectivity index (χ1) is 15.4. The van der Waals surface area contributed by atoms with E-state index >= 15 is 0 Å². The Hall–Kier alpha value is -2.68. The highest BCUT2D eigenvalue weighted by Gasteiger charge is 2.32. The summed E-state index contributed by atoms with van der Waals surface area (Å²) in [5.41, 5.74) is 4.32. The van der Waals surface area contributed by atoms with Gasteiger partial charge in [0.25, 0.3) is 10.0 Å². The first kappa shape index (κ1) is 22.5. The summed E-state index contributed by atoms with van der Waals surface area (Å²) < 4.78 is 28.6. The van der Waals surface area contributed by atoms with Crippen LogP contribution in [0.25, 0.3) is 0 Å². The Kier molecular flexibility index (Phi) is 6.64. The minimum absolute atomic E-state index is 0.200. The van der Waals surface area contributed by atoms with Gasteiger partial charge < -0.3 is 9.80 Å². The molecule has 0 radical (unpaired) electrons. The molecule has 0 bridgehead atoms. The summed E-state index contributed by atoms with van der Waals surface area (Å²) in [4.78, 5) is 17.5. The van der Waals surface area contributed by atoms with E-state index in [4.69, 9.17) is 0 Å². The summed E-state index contributed by atoms with van der Waals surface area (Å²) in [5, 5.41) is 1.71. The maximum absolute atomic E-state index is 13.5. The lowest BCUT2D eigenvalue weighted by Gasteiger charge is -2.38. The predicted octanol–water partition coefficient (Wildman–Crippen LogP) is 3.73. The molecular formula is C24H27N3O3S2. The van der Waals surface area contributed by atoms with Gasteiger partial charge in [0.1, 0.15) is 10.3 Å². The lowest BCUT2D eigenvalue weighted by Crippen LogP contribution is -2.52. The van der Waals surface area contributed by atoms with E-state index < -0.39 is 16.1 Å². The molecule has 1 amide bonds. The molecule has 1 fully saturated rings. The van der Waals surface area contributed by atoms with Gasteiger partial charge in [-0.3, -0.25) is 4.79 Å². The zero-order chi connectivity index (χ0) is 22.7. The second-order valence-corrected chi connectivity index (χ2v) is 10.8. The third kappa shape index (κ3) is 4.72. The van der Waals surface area contributed by atoms with Crippen LogP contribution in [-0.4, -0.2) is 45.4 Å². The molecule has 0 aliphatic carbocycles. The number of amides is 1. The normalized spacial score (nSPS) is 15.6. The molecule has 1 N–H and O–H groups in total. The summed E-state index contributed by atoms with van der Waals surface area (Å²) >= 11 is 1.13. The van der Waals surface area contributed by atoms with Gasteiger partial charge in [-0.15, -0.1) is 11.3 Å². The number of rotatable bonds is 6. The minimum Gasteiger partial charge on any atom is -0.368 e. The number of anilines is 1. The van der Waals surface area contributed by atoms with Crippen molar-refractivity contribution in [2.75, 3.05) is 31.1 Å². The summed E-state index contributed by atoms with van der Waals surface area (Å²) in [6.07, 6.45) is 0. The molecule has 2 aromatic carbocycles. The highest BCUT2D eigenvalue weighted by Crippen LogP contribution is 2.26. The number of hydrogen-bond donors (Lipinski definition) is 1. The average molecular weight is 470 g/mol. The number of benzene rings is 2. The van der Waals surface area contributed by atoms with Crippen LogP contribution in [0.15, 0.2) is 70.3 Å². The molecule has 6 nitrogen and oxygen atoms in total. The van der Waals surface area contributed by atoms with Crippen LogP contribution in [0.1, 0.15) is 22.7 Å². The van der Waals surface area contributed by atoms with Crippen LogP contribution in [0, 0.1) is 13.8 Å². The van der Waals surface area contributed by atoms with Crippen molar-refractivity contribution in [3.63, 3.8) is 0 Å². The molecule has 1 aromatic heterocycles. The molecule has 1 atom stereocenters. The van der Waals surface area contributed by atoms with Crippen LogP contribution in [0.2, 0.25) is 0 Å². The number of nitrogens with one attached hydrogen (secondary N) is 1. The molecule has 4 rings (SSSR count). The minimum atomic E-state index is -3.80. The lowest BCUT2D eigenvalue weighted by atomic mass is 10.1. The van der Waals surface area contributed by atoms with Gasteiger partial charge in [-0.25, -0.2) is 8.42 Å². The van der Waals surface area contributed by atoms with Crippen LogP contribution in [0.4, 0.5) is 5.69 Å². The van der Waals surface area contributed by atoms with Crippen LogP contribution >= 0.6 is 11.3 Å². The monoisotopic (exact) mass is 469 g/mol. The predicted molar refractivity (Wildman–Crippen MR) is 129 cm³/mol. The lowest BCUT2D eigenvalue weighted by molar-refractivity contribution is -0.133. The molecule has 8 heteroatoms. The van der Waals surface area contributed by atoms with Crippen molar-refractivity contribution < 1.29 is 13.2 Å². The fourth-order valence-corrected chi connectivity index (χ4v) is 6.15. The van der Waals surface area contributed by atoms with Crippen molar-refractivity contribution >= 4 is 33.0 Å². The zero-order valence-corrected chi connectivity index (χ0v) is 19.8. The van der Waals surface area contributed by atoms with Crippen LogP contribution < -0.4 is 9.62 Å². The topological polar surface area (TPSA) is 69.7 Å². The summed E-state index contributed by atoms with van der Waals surface area (Å²) in [7, 11) is -3.80. The number of carbonyl (C=O) groups excluding carboxylic acids is 1. The third-order valence-corrected chi connectivity index (χ3v) is 8.74. The van der Waals surface area contributed by atoms with Crippen molar-refractivity contribution in [1.29, 1.82) is 0 Å². The Labute approximate surface area is 193 Å². The van der Waals surface area contributed by atoms with Crippen molar-refractivity contribution in [2.45, 2.75) is 24.1 Å². The highest BCUT2D eigenvalue weighted by molar-refractivity contribution is 7.91. The fourth-order valence-electron chi connectivity index (χ4n) is 3.96. The number of nitrogens with zero attached hydrogens (tertiary/aromatic N) is 2. The number of piperazine rings is 1. The van der Waals surface area contributed by atoms with Gasteiger partial charge in [-0.1, -0.05) is 48.5 Å². The smallest absolute Gasteiger partial charge is 0.251 e. The average Bonchev–Trinajstić information content (AvgIpc) is 3.36. The Bertz CT molecular complexity index is 1170. The van der Waals surface area contributed by atoms with Gasteiger partial charge in [0.05, 0.1) is 0 Å². The van der Waals surface area contributed by atoms with Gasteiger partial charge >= 0.3 is 0 Å². The van der Waals surface area contributed by atoms with E-state index in [1.807, 2.05) is 18.2 Å². The van der Waals surface area contributed by atoms with Gasteiger partial charge in [-0.05, 0) is 48.1 Å².